The number of aromatic nitrogens is 2. The van der Waals surface area contributed by atoms with Gasteiger partial charge in [-0.15, -0.1) is 0 Å². The van der Waals surface area contributed by atoms with Gasteiger partial charge < -0.3 is 29.6 Å². The van der Waals surface area contributed by atoms with Gasteiger partial charge in [0.25, 0.3) is 0 Å². The lowest BCUT2D eigenvalue weighted by Crippen LogP contribution is -2.09. The third-order valence-electron chi connectivity index (χ3n) is 5.23. The van der Waals surface area contributed by atoms with Crippen LogP contribution in [0.5, 0.6) is 11.5 Å². The number of hydrogen-bond donors (Lipinski definition) is 3. The molecule has 0 radical (unpaired) electrons. The number of aliphatic carboxylic acids is 2. The Morgan fingerprint density at radius 2 is 1.62 bits per heavy atom. The Kier molecular flexibility index (Phi) is 9.68. The molecule has 0 saturated heterocycles. The second-order valence-electron chi connectivity index (χ2n) is 7.76. The highest BCUT2D eigenvalue weighted by molar-refractivity contribution is 9.10. The summed E-state index contributed by atoms with van der Waals surface area (Å²) in [7, 11) is 3.66. The van der Waals surface area contributed by atoms with Crippen molar-refractivity contribution in [1.29, 1.82) is 0 Å². The number of imidazole rings is 1. The predicted molar refractivity (Wildman–Crippen MR) is 143 cm³/mol. The Morgan fingerprint density at radius 3 is 2.24 bits per heavy atom. The summed E-state index contributed by atoms with van der Waals surface area (Å²) in [4.78, 5) is 22.7. The normalized spacial score (nSPS) is 10.1. The topological polar surface area (TPSA) is 123 Å². The number of anilines is 1. The Hall–Kier alpha value is -4.31. The van der Waals surface area contributed by atoms with Gasteiger partial charge in [0.15, 0.2) is 11.5 Å². The fraction of sp³-hybridized carbons (Fsp3) is 0.148. The monoisotopic (exact) mass is 567 g/mol. The van der Waals surface area contributed by atoms with Crippen LogP contribution in [0.3, 0.4) is 0 Å². The summed E-state index contributed by atoms with van der Waals surface area (Å²) in [5.41, 5.74) is 4.36. The van der Waals surface area contributed by atoms with E-state index in [4.69, 9.17) is 29.3 Å². The summed E-state index contributed by atoms with van der Waals surface area (Å²) in [6.07, 6.45) is 1.88. The van der Waals surface area contributed by atoms with Gasteiger partial charge in [-0.25, -0.2) is 14.6 Å². The number of ether oxygens (including phenoxy) is 2. The molecule has 3 aromatic carbocycles. The van der Waals surface area contributed by atoms with Crippen molar-refractivity contribution in [2.75, 3.05) is 12.4 Å². The van der Waals surface area contributed by atoms with Crippen LogP contribution in [-0.4, -0.2) is 38.8 Å². The maximum Gasteiger partial charge on any atom is 0.414 e. The van der Waals surface area contributed by atoms with Crippen molar-refractivity contribution < 1.29 is 29.3 Å². The third-order valence-corrected chi connectivity index (χ3v) is 5.76. The summed E-state index contributed by atoms with van der Waals surface area (Å²) in [5.74, 6) is -1.40. The van der Waals surface area contributed by atoms with Gasteiger partial charge in [-0.2, -0.15) is 0 Å². The highest BCUT2D eigenvalue weighted by atomic mass is 79.9. The van der Waals surface area contributed by atoms with Crippen molar-refractivity contribution in [3.05, 3.63) is 94.6 Å². The molecule has 0 saturated carbocycles. The number of halogens is 1. The molecule has 0 atom stereocenters. The van der Waals surface area contributed by atoms with Gasteiger partial charge in [-0.05, 0) is 41.0 Å². The number of benzene rings is 3. The zero-order valence-corrected chi connectivity index (χ0v) is 21.8. The third kappa shape index (κ3) is 7.84. The van der Waals surface area contributed by atoms with Gasteiger partial charge in [-0.1, -0.05) is 64.5 Å². The molecule has 3 N–H and O–H groups in total. The molecule has 0 bridgehead atoms. The van der Waals surface area contributed by atoms with E-state index in [1.807, 2.05) is 73.9 Å². The highest BCUT2D eigenvalue weighted by Crippen LogP contribution is 2.29. The van der Waals surface area contributed by atoms with Crippen molar-refractivity contribution in [1.82, 2.24) is 9.55 Å². The Balaban J connectivity index is 0.000000568. The van der Waals surface area contributed by atoms with Crippen LogP contribution < -0.4 is 14.8 Å². The van der Waals surface area contributed by atoms with Gasteiger partial charge >= 0.3 is 11.9 Å². The van der Waals surface area contributed by atoms with Crippen molar-refractivity contribution in [2.24, 2.45) is 7.05 Å². The first-order valence-electron chi connectivity index (χ1n) is 11.1. The van der Waals surface area contributed by atoms with Gasteiger partial charge in [-0.3, -0.25) is 0 Å². The van der Waals surface area contributed by atoms with E-state index in [1.54, 1.807) is 7.11 Å². The van der Waals surface area contributed by atoms with Gasteiger partial charge in [0.2, 0.25) is 5.95 Å². The summed E-state index contributed by atoms with van der Waals surface area (Å²) < 4.78 is 14.6. The lowest BCUT2D eigenvalue weighted by atomic mass is 10.2. The minimum Gasteiger partial charge on any atom is -0.493 e. The summed E-state index contributed by atoms with van der Waals surface area (Å²) in [6.45, 7) is 1.11. The van der Waals surface area contributed by atoms with Crippen LogP contribution in [0.2, 0.25) is 0 Å². The van der Waals surface area contributed by atoms with E-state index in [1.165, 1.54) is 0 Å². The maximum absolute atomic E-state index is 9.10. The van der Waals surface area contributed by atoms with Crippen LogP contribution in [0, 0.1) is 0 Å². The Labute approximate surface area is 222 Å². The number of hydrogen-bond acceptors (Lipinski definition) is 6. The van der Waals surface area contributed by atoms with Crippen molar-refractivity contribution in [2.45, 2.75) is 13.2 Å². The second-order valence-corrected chi connectivity index (χ2v) is 8.67. The van der Waals surface area contributed by atoms with E-state index in [0.717, 1.165) is 38.6 Å². The van der Waals surface area contributed by atoms with Crippen LogP contribution in [0.25, 0.3) is 11.3 Å². The smallest absolute Gasteiger partial charge is 0.414 e. The lowest BCUT2D eigenvalue weighted by Gasteiger charge is -2.13. The SMILES string of the molecule is COc1ccc(CNc2ncc(-c3ccc(Br)cc3)n2C)cc1OCc1ccccc1.O=C(O)C(=O)O. The Bertz CT molecular complexity index is 1330. The predicted octanol–water partition coefficient (Wildman–Crippen LogP) is 5.20. The lowest BCUT2D eigenvalue weighted by molar-refractivity contribution is -0.159. The molecule has 0 aliphatic heterocycles. The van der Waals surface area contributed by atoms with Crippen molar-refractivity contribution in [3.8, 4) is 22.8 Å². The molecule has 0 unspecified atom stereocenters. The van der Waals surface area contributed by atoms with E-state index in [2.05, 4.69) is 42.9 Å². The van der Waals surface area contributed by atoms with E-state index in [9.17, 15) is 0 Å². The molecule has 0 aliphatic carbocycles. The van der Waals surface area contributed by atoms with E-state index >= 15 is 0 Å². The van der Waals surface area contributed by atoms with Crippen molar-refractivity contribution >= 4 is 33.8 Å². The summed E-state index contributed by atoms with van der Waals surface area (Å²) in [6, 6.07) is 24.3. The van der Waals surface area contributed by atoms with Gasteiger partial charge in [0.1, 0.15) is 6.61 Å². The molecule has 0 fully saturated rings. The maximum atomic E-state index is 9.10. The van der Waals surface area contributed by atoms with Crippen LogP contribution in [0.15, 0.2) is 83.5 Å². The standard InChI is InChI=1S/C25H24BrN3O2.C2H2O4/c1-29-22(20-9-11-21(26)12-10-20)16-28-25(29)27-15-19-8-13-23(30-2)24(14-19)31-17-18-6-4-3-5-7-18;3-1(4)2(5)6/h3-14,16H,15,17H2,1-2H3,(H,27,28);(H,3,4)(H,5,6). The zero-order valence-electron chi connectivity index (χ0n) is 20.2. The first kappa shape index (κ1) is 27.3. The molecule has 9 nitrogen and oxygen atoms in total. The van der Waals surface area contributed by atoms with Gasteiger partial charge in [0, 0.05) is 18.1 Å². The summed E-state index contributed by atoms with van der Waals surface area (Å²) >= 11 is 3.48. The minimum atomic E-state index is -1.82. The zero-order chi connectivity index (χ0) is 26.8. The fourth-order valence-corrected chi connectivity index (χ4v) is 3.59. The molecule has 4 rings (SSSR count). The largest absolute Gasteiger partial charge is 0.493 e. The van der Waals surface area contributed by atoms with Gasteiger partial charge in [0.05, 0.1) is 19.0 Å². The number of rotatable bonds is 8. The molecule has 1 heterocycles. The highest BCUT2D eigenvalue weighted by Gasteiger charge is 2.10. The molecule has 0 amide bonds. The second kappa shape index (κ2) is 13.1. The van der Waals surface area contributed by atoms with E-state index in [0.29, 0.717) is 18.9 Å². The molecule has 192 valence electrons. The molecule has 10 heteroatoms. The minimum absolute atomic E-state index is 0.490. The quantitative estimate of drug-likeness (QED) is 0.248. The molecule has 1 aromatic heterocycles. The molecule has 37 heavy (non-hydrogen) atoms. The average molecular weight is 568 g/mol. The molecule has 0 aliphatic rings. The number of carbonyl (C=O) groups is 2. The van der Waals surface area contributed by atoms with E-state index in [-0.39, 0.29) is 0 Å². The van der Waals surface area contributed by atoms with E-state index < -0.39 is 11.9 Å². The van der Waals surface area contributed by atoms with Crippen molar-refractivity contribution in [3.63, 3.8) is 0 Å². The first-order valence-corrected chi connectivity index (χ1v) is 11.9. The molecule has 4 aromatic rings. The number of carboxylic acids is 2. The van der Waals surface area contributed by atoms with Crippen LogP contribution >= 0.6 is 15.9 Å². The number of nitrogens with one attached hydrogen (secondary N) is 1. The Morgan fingerprint density at radius 1 is 0.946 bits per heavy atom. The number of carboxylic acid groups (broad SMARTS) is 2. The average Bonchev–Trinajstić information content (AvgIpc) is 3.27. The fourth-order valence-electron chi connectivity index (χ4n) is 3.32. The first-order chi connectivity index (χ1) is 17.8. The molecular formula is C27H26BrN3O6. The molecule has 0 spiro atoms. The molecular weight excluding hydrogens is 542 g/mol. The summed E-state index contributed by atoms with van der Waals surface area (Å²) in [5, 5.41) is 18.2. The number of nitrogens with zero attached hydrogens (tertiary/aromatic N) is 2. The van der Waals surface area contributed by atoms with Crippen LogP contribution in [0.1, 0.15) is 11.1 Å². The number of methoxy groups -OCH3 is 1. The van der Waals surface area contributed by atoms with Crippen LogP contribution in [-0.2, 0) is 29.8 Å². The van der Waals surface area contributed by atoms with Crippen LogP contribution in [0.4, 0.5) is 5.95 Å².